The monoisotopic (exact) mass is 279 g/mol. The minimum atomic E-state index is -0.292. The molecule has 7 nitrogen and oxygen atoms in total. The molecule has 0 aromatic carbocycles. The highest BCUT2D eigenvalue weighted by molar-refractivity contribution is 5.74. The molecule has 0 fully saturated rings. The molecule has 1 unspecified atom stereocenters. The maximum atomic E-state index is 12.5. The summed E-state index contributed by atoms with van der Waals surface area (Å²) in [7, 11) is 3.51. The fourth-order valence-electron chi connectivity index (χ4n) is 2.41. The summed E-state index contributed by atoms with van der Waals surface area (Å²) in [6.45, 7) is 6.11. The molecule has 2 rings (SSSR count). The highest BCUT2D eigenvalue weighted by Gasteiger charge is 2.21. The molecule has 0 radical (unpaired) electrons. The molecule has 2 aromatic heterocycles. The number of nitrogens with zero attached hydrogens (tertiary/aromatic N) is 4. The van der Waals surface area contributed by atoms with Gasteiger partial charge in [-0.15, -0.1) is 0 Å². The summed E-state index contributed by atoms with van der Waals surface area (Å²) in [5.74, 6) is 0.572. The Morgan fingerprint density at radius 1 is 1.30 bits per heavy atom. The highest BCUT2D eigenvalue weighted by atomic mass is 16.2. The summed E-state index contributed by atoms with van der Waals surface area (Å²) in [5.41, 5.74) is 0.325. The molecular weight excluding hydrogens is 258 g/mol. The van der Waals surface area contributed by atoms with Gasteiger partial charge in [0.25, 0.3) is 5.56 Å². The molecule has 0 saturated carbocycles. The molecule has 7 heteroatoms. The number of imidazole rings is 1. The molecule has 0 aliphatic heterocycles. The molecule has 0 aliphatic rings. The van der Waals surface area contributed by atoms with Crippen LogP contribution in [-0.4, -0.2) is 25.7 Å². The van der Waals surface area contributed by atoms with E-state index < -0.39 is 0 Å². The van der Waals surface area contributed by atoms with E-state index in [0.29, 0.717) is 23.7 Å². The molecule has 1 atom stereocenters. The van der Waals surface area contributed by atoms with Crippen molar-refractivity contribution >= 4 is 17.1 Å². The number of fused-ring (bicyclic) bond motifs is 1. The van der Waals surface area contributed by atoms with Crippen molar-refractivity contribution in [2.45, 2.75) is 39.8 Å². The molecule has 0 saturated heterocycles. The van der Waals surface area contributed by atoms with Crippen LogP contribution in [0, 0.1) is 0 Å². The zero-order valence-electron chi connectivity index (χ0n) is 12.6. The van der Waals surface area contributed by atoms with Crippen LogP contribution in [0.2, 0.25) is 0 Å². The van der Waals surface area contributed by atoms with E-state index in [1.807, 2.05) is 13.8 Å². The van der Waals surface area contributed by atoms with Gasteiger partial charge in [-0.25, -0.2) is 4.79 Å². The first-order chi connectivity index (χ1) is 9.47. The standard InChI is InChI=1S/C13H21N5O2/c1-6-8(3)18-10-9(16(5)12(14-4)15-10)11(19)17(7-2)13(18)20/h8H,6-7H2,1-5H3,(H,14,15). The lowest BCUT2D eigenvalue weighted by Gasteiger charge is -2.15. The maximum Gasteiger partial charge on any atom is 0.332 e. The van der Waals surface area contributed by atoms with E-state index in [2.05, 4.69) is 10.3 Å². The smallest absolute Gasteiger partial charge is 0.332 e. The van der Waals surface area contributed by atoms with Crippen molar-refractivity contribution in [3.05, 3.63) is 20.8 Å². The normalized spacial score (nSPS) is 12.8. The molecule has 0 spiro atoms. The lowest BCUT2D eigenvalue weighted by Crippen LogP contribution is -2.41. The van der Waals surface area contributed by atoms with E-state index in [0.717, 1.165) is 6.42 Å². The Labute approximate surface area is 116 Å². The van der Waals surface area contributed by atoms with Gasteiger partial charge in [0.15, 0.2) is 11.2 Å². The summed E-state index contributed by atoms with van der Waals surface area (Å²) in [6.07, 6.45) is 0.794. The van der Waals surface area contributed by atoms with E-state index in [9.17, 15) is 9.59 Å². The van der Waals surface area contributed by atoms with Crippen LogP contribution in [-0.2, 0) is 13.6 Å². The summed E-state index contributed by atoms with van der Waals surface area (Å²) in [5, 5.41) is 2.94. The van der Waals surface area contributed by atoms with E-state index in [1.165, 1.54) is 4.57 Å². The van der Waals surface area contributed by atoms with Gasteiger partial charge in [-0.3, -0.25) is 13.9 Å². The minimum Gasteiger partial charge on any atom is -0.359 e. The molecule has 20 heavy (non-hydrogen) atoms. The molecular formula is C13H21N5O2. The van der Waals surface area contributed by atoms with Crippen LogP contribution in [0.15, 0.2) is 9.59 Å². The molecule has 2 aromatic rings. The molecule has 0 amide bonds. The van der Waals surface area contributed by atoms with Crippen LogP contribution < -0.4 is 16.6 Å². The minimum absolute atomic E-state index is 0.0111. The highest BCUT2D eigenvalue weighted by Crippen LogP contribution is 2.17. The quantitative estimate of drug-likeness (QED) is 0.903. The Bertz CT molecular complexity index is 753. The second-order valence-electron chi connectivity index (χ2n) is 4.88. The van der Waals surface area contributed by atoms with E-state index in [4.69, 9.17) is 0 Å². The molecule has 1 N–H and O–H groups in total. The SMILES string of the molecule is CCC(C)n1c(=O)n(CC)c(=O)c2c1nc(NC)n2C. The Kier molecular flexibility index (Phi) is 3.69. The van der Waals surface area contributed by atoms with Crippen molar-refractivity contribution in [2.24, 2.45) is 7.05 Å². The number of hydrogen-bond acceptors (Lipinski definition) is 4. The summed E-state index contributed by atoms with van der Waals surface area (Å²) in [4.78, 5) is 29.4. The molecule has 0 aliphatic carbocycles. The van der Waals surface area contributed by atoms with Crippen LogP contribution >= 0.6 is 0 Å². The van der Waals surface area contributed by atoms with Gasteiger partial charge >= 0.3 is 5.69 Å². The Hall–Kier alpha value is -2.05. The fraction of sp³-hybridized carbons (Fsp3) is 0.615. The Balaban J connectivity index is 3.04. The second kappa shape index (κ2) is 5.15. The van der Waals surface area contributed by atoms with E-state index >= 15 is 0 Å². The van der Waals surface area contributed by atoms with Gasteiger partial charge in [0.2, 0.25) is 5.95 Å². The van der Waals surface area contributed by atoms with Gasteiger partial charge in [0.1, 0.15) is 0 Å². The van der Waals surface area contributed by atoms with Crippen LogP contribution in [0.5, 0.6) is 0 Å². The maximum absolute atomic E-state index is 12.5. The number of aromatic nitrogens is 4. The number of anilines is 1. The van der Waals surface area contributed by atoms with Crippen molar-refractivity contribution in [2.75, 3.05) is 12.4 Å². The van der Waals surface area contributed by atoms with Crippen molar-refractivity contribution in [1.29, 1.82) is 0 Å². The van der Waals surface area contributed by atoms with Gasteiger partial charge in [-0.05, 0) is 20.3 Å². The predicted octanol–water partition coefficient (Wildman–Crippen LogP) is 0.929. The summed E-state index contributed by atoms with van der Waals surface area (Å²) in [6, 6.07) is -0.0111. The second-order valence-corrected chi connectivity index (χ2v) is 4.88. The number of hydrogen-bond donors (Lipinski definition) is 1. The number of rotatable bonds is 4. The third-order valence-electron chi connectivity index (χ3n) is 3.76. The topological polar surface area (TPSA) is 73.8 Å². The van der Waals surface area contributed by atoms with Crippen LogP contribution in [0.25, 0.3) is 11.2 Å². The lowest BCUT2D eigenvalue weighted by molar-refractivity contribution is 0.489. The third-order valence-corrected chi connectivity index (χ3v) is 3.76. The Morgan fingerprint density at radius 3 is 2.45 bits per heavy atom. The number of aryl methyl sites for hydroxylation is 1. The van der Waals surface area contributed by atoms with Crippen LogP contribution in [0.1, 0.15) is 33.2 Å². The Morgan fingerprint density at radius 2 is 1.95 bits per heavy atom. The largest absolute Gasteiger partial charge is 0.359 e. The van der Waals surface area contributed by atoms with Gasteiger partial charge in [-0.1, -0.05) is 6.92 Å². The zero-order chi connectivity index (χ0) is 15.0. The predicted molar refractivity (Wildman–Crippen MR) is 79.5 cm³/mol. The average Bonchev–Trinajstić information content (AvgIpc) is 2.76. The van der Waals surface area contributed by atoms with Crippen LogP contribution in [0.3, 0.4) is 0 Å². The average molecular weight is 279 g/mol. The van der Waals surface area contributed by atoms with Crippen molar-refractivity contribution in [3.8, 4) is 0 Å². The molecule has 2 heterocycles. The third kappa shape index (κ3) is 1.85. The summed E-state index contributed by atoms with van der Waals surface area (Å²) >= 11 is 0. The van der Waals surface area contributed by atoms with Crippen molar-refractivity contribution in [3.63, 3.8) is 0 Å². The van der Waals surface area contributed by atoms with Gasteiger partial charge in [0, 0.05) is 26.7 Å². The molecule has 0 bridgehead atoms. The van der Waals surface area contributed by atoms with Gasteiger partial charge in [0.05, 0.1) is 0 Å². The van der Waals surface area contributed by atoms with Gasteiger partial charge < -0.3 is 9.88 Å². The molecule has 110 valence electrons. The first-order valence-electron chi connectivity index (χ1n) is 6.87. The zero-order valence-corrected chi connectivity index (χ0v) is 12.6. The first-order valence-corrected chi connectivity index (χ1v) is 6.87. The first kappa shape index (κ1) is 14.4. The number of nitrogens with one attached hydrogen (secondary N) is 1. The van der Waals surface area contributed by atoms with Crippen molar-refractivity contribution < 1.29 is 0 Å². The lowest BCUT2D eigenvalue weighted by atomic mass is 10.2. The van der Waals surface area contributed by atoms with Crippen molar-refractivity contribution in [1.82, 2.24) is 18.7 Å². The van der Waals surface area contributed by atoms with E-state index in [1.54, 1.807) is 30.2 Å². The summed E-state index contributed by atoms with van der Waals surface area (Å²) < 4.78 is 4.57. The van der Waals surface area contributed by atoms with Gasteiger partial charge in [-0.2, -0.15) is 4.98 Å². The van der Waals surface area contributed by atoms with Crippen LogP contribution in [0.4, 0.5) is 5.95 Å². The van der Waals surface area contributed by atoms with E-state index in [-0.39, 0.29) is 17.3 Å². The fourth-order valence-corrected chi connectivity index (χ4v) is 2.41.